The topological polar surface area (TPSA) is 0 Å². The summed E-state index contributed by atoms with van der Waals surface area (Å²) >= 11 is 0.708. The van der Waals surface area contributed by atoms with E-state index in [0.29, 0.717) is 22.5 Å². The minimum absolute atomic E-state index is 0. The Morgan fingerprint density at radius 3 is 1.56 bits per heavy atom. The molecule has 0 amide bonds. The van der Waals surface area contributed by atoms with E-state index in [0.717, 1.165) is 0 Å². The van der Waals surface area contributed by atoms with Crippen molar-refractivity contribution in [1.82, 2.24) is 0 Å². The van der Waals surface area contributed by atoms with E-state index in [1.54, 1.807) is 0 Å². The number of benzene rings is 1. The zero-order chi connectivity index (χ0) is 5.11. The molecule has 0 aromatic heterocycles. The van der Waals surface area contributed by atoms with E-state index in [1.807, 2.05) is 0 Å². The molecule has 1 aromatic carbocycles. The second-order valence-corrected chi connectivity index (χ2v) is 4.95. The first-order valence-electron chi connectivity index (χ1n) is 2.41. The van der Waals surface area contributed by atoms with Crippen molar-refractivity contribution in [3.8, 4) is 0 Å². The molecular formula is C6H8Cl2Sn. The van der Waals surface area contributed by atoms with Crippen LogP contribution in [0.3, 0.4) is 0 Å². The Kier molecular flexibility index (Phi) is 9.17. The van der Waals surface area contributed by atoms with E-state index in [2.05, 4.69) is 30.3 Å². The maximum atomic E-state index is 2.18. The van der Waals surface area contributed by atoms with Gasteiger partial charge in [-0.1, -0.05) is 0 Å². The number of halogens is 2. The van der Waals surface area contributed by atoms with Gasteiger partial charge in [-0.05, 0) is 0 Å². The van der Waals surface area contributed by atoms with Gasteiger partial charge in [0.05, 0.1) is 0 Å². The fourth-order valence-electron chi connectivity index (χ4n) is 0.534. The van der Waals surface area contributed by atoms with E-state index < -0.39 is 0 Å². The van der Waals surface area contributed by atoms with Gasteiger partial charge >= 0.3 is 56.4 Å². The van der Waals surface area contributed by atoms with Crippen LogP contribution >= 0.6 is 0 Å². The van der Waals surface area contributed by atoms with Gasteiger partial charge in [0.15, 0.2) is 0 Å². The Morgan fingerprint density at radius 2 is 1.33 bits per heavy atom. The predicted octanol–water partition coefficient (Wildman–Crippen LogP) is -6.31. The second-order valence-electron chi connectivity index (χ2n) is 1.65. The average molecular weight is 270 g/mol. The van der Waals surface area contributed by atoms with Crippen molar-refractivity contribution in [1.29, 1.82) is 0 Å². The molecule has 0 spiro atoms. The zero-order valence-electron chi connectivity index (χ0n) is 5.14. The van der Waals surface area contributed by atoms with Gasteiger partial charge in [0.25, 0.3) is 0 Å². The molecule has 0 N–H and O–H groups in total. The van der Waals surface area contributed by atoms with Crippen LogP contribution < -0.4 is 28.4 Å². The van der Waals surface area contributed by atoms with Crippen LogP contribution in [-0.2, 0) is 0 Å². The summed E-state index contributed by atoms with van der Waals surface area (Å²) in [6.45, 7) is 0. The van der Waals surface area contributed by atoms with Crippen LogP contribution in [-0.4, -0.2) is 22.5 Å². The van der Waals surface area contributed by atoms with Gasteiger partial charge in [-0.2, -0.15) is 0 Å². The molecule has 0 saturated carbocycles. The van der Waals surface area contributed by atoms with Gasteiger partial charge in [0, 0.05) is 0 Å². The van der Waals surface area contributed by atoms with Crippen LogP contribution in [0.4, 0.5) is 0 Å². The first-order valence-corrected chi connectivity index (χ1v) is 5.26. The van der Waals surface area contributed by atoms with Crippen molar-refractivity contribution in [3.63, 3.8) is 0 Å². The Bertz CT molecular complexity index is 141. The first kappa shape index (κ1) is 12.3. The van der Waals surface area contributed by atoms with Crippen molar-refractivity contribution in [2.75, 3.05) is 0 Å². The Balaban J connectivity index is 0. The monoisotopic (exact) mass is 270 g/mol. The Hall–Kier alpha value is 0.599. The average Bonchev–Trinajstić information content (AvgIpc) is 1.69. The summed E-state index contributed by atoms with van der Waals surface area (Å²) in [5.41, 5.74) is 0. The predicted molar refractivity (Wildman–Crippen MR) is 36.0 cm³/mol. The van der Waals surface area contributed by atoms with E-state index in [4.69, 9.17) is 0 Å². The molecule has 9 heavy (non-hydrogen) atoms. The van der Waals surface area contributed by atoms with Crippen molar-refractivity contribution < 1.29 is 24.8 Å². The van der Waals surface area contributed by atoms with Crippen LogP contribution in [0, 0.1) is 0 Å². The molecule has 0 bridgehead atoms. The summed E-state index contributed by atoms with van der Waals surface area (Å²) in [7, 11) is 0. The summed E-state index contributed by atoms with van der Waals surface area (Å²) < 4.78 is 1.53. The maximum absolute atomic E-state index is 2.18. The molecule has 50 valence electrons. The third kappa shape index (κ3) is 5.06. The van der Waals surface area contributed by atoms with E-state index in [-0.39, 0.29) is 24.8 Å². The van der Waals surface area contributed by atoms with Crippen LogP contribution in [0.15, 0.2) is 30.3 Å². The first-order chi connectivity index (χ1) is 3.39. The molecule has 1 aromatic rings. The number of hydrogen-bond acceptors (Lipinski definition) is 0. The van der Waals surface area contributed by atoms with Crippen molar-refractivity contribution >= 4 is 26.1 Å². The van der Waals surface area contributed by atoms with Crippen molar-refractivity contribution in [2.24, 2.45) is 0 Å². The number of rotatable bonds is 0. The van der Waals surface area contributed by atoms with Gasteiger partial charge in [-0.15, -0.1) is 0 Å². The molecule has 0 heterocycles. The summed E-state index contributed by atoms with van der Waals surface area (Å²) in [5.74, 6) is 0. The van der Waals surface area contributed by atoms with Gasteiger partial charge < -0.3 is 24.8 Å². The third-order valence-electron chi connectivity index (χ3n) is 0.940. The minimum atomic E-state index is 0. The van der Waals surface area contributed by atoms with E-state index in [9.17, 15) is 0 Å². The Morgan fingerprint density at radius 1 is 0.889 bits per heavy atom. The summed E-state index contributed by atoms with van der Waals surface area (Å²) in [6, 6.07) is 10.6. The van der Waals surface area contributed by atoms with Gasteiger partial charge in [-0.25, -0.2) is 0 Å². The van der Waals surface area contributed by atoms with E-state index in [1.165, 1.54) is 3.58 Å². The molecule has 0 unspecified atom stereocenters. The summed E-state index contributed by atoms with van der Waals surface area (Å²) in [6.07, 6.45) is 0. The summed E-state index contributed by atoms with van der Waals surface area (Å²) in [5, 5.41) is 0. The third-order valence-corrected chi connectivity index (χ3v) is 2.84. The molecule has 0 nitrogen and oxygen atoms in total. The molecule has 2 radical (unpaired) electrons. The normalized spacial score (nSPS) is 7.11. The molecule has 0 aliphatic heterocycles. The second kappa shape index (κ2) is 6.71. The standard InChI is InChI=1S/C6H5.2ClH.Sn.3H/c1-2-4-6-5-3-1;;;;;;/h1-5H;2*1H;;;;/q;;;+2;;;/p-2. The molecule has 0 aliphatic rings. The number of hydrogen-bond donors (Lipinski definition) is 0. The van der Waals surface area contributed by atoms with Crippen molar-refractivity contribution in [3.05, 3.63) is 30.3 Å². The molecule has 0 fully saturated rings. The quantitative estimate of drug-likeness (QED) is 0.411. The molecule has 3 heteroatoms. The van der Waals surface area contributed by atoms with Gasteiger partial charge in [0.2, 0.25) is 0 Å². The van der Waals surface area contributed by atoms with Crippen LogP contribution in [0.5, 0.6) is 0 Å². The van der Waals surface area contributed by atoms with Crippen LogP contribution in [0.1, 0.15) is 0 Å². The van der Waals surface area contributed by atoms with Crippen LogP contribution in [0.25, 0.3) is 0 Å². The Labute approximate surface area is 80.9 Å². The van der Waals surface area contributed by atoms with Gasteiger partial charge in [0.1, 0.15) is 0 Å². The zero-order valence-corrected chi connectivity index (χ0v) is 12.4. The fourth-order valence-corrected chi connectivity index (χ4v) is 1.63. The molecule has 0 saturated heterocycles. The van der Waals surface area contributed by atoms with Crippen molar-refractivity contribution in [2.45, 2.75) is 0 Å². The SMILES string of the molecule is [Cl-].[Cl-].[SnH3+2][c]1ccccc1. The van der Waals surface area contributed by atoms with E-state index >= 15 is 0 Å². The van der Waals surface area contributed by atoms with Crippen LogP contribution in [0.2, 0.25) is 0 Å². The molecule has 0 atom stereocenters. The molecule has 1 rings (SSSR count). The summed E-state index contributed by atoms with van der Waals surface area (Å²) in [4.78, 5) is 0. The van der Waals surface area contributed by atoms with Gasteiger partial charge in [-0.3, -0.25) is 0 Å². The molecule has 0 aliphatic carbocycles. The molecular weight excluding hydrogens is 262 g/mol. The fraction of sp³-hybridized carbons (Fsp3) is 0.